The van der Waals surface area contributed by atoms with Crippen LogP contribution in [0.15, 0.2) is 39.7 Å². The number of thioether (sulfide) groups is 1. The van der Waals surface area contributed by atoms with Crippen molar-refractivity contribution in [3.63, 3.8) is 0 Å². The topological polar surface area (TPSA) is 46.3 Å². The summed E-state index contributed by atoms with van der Waals surface area (Å²) < 4.78 is 0.943. The van der Waals surface area contributed by atoms with Gasteiger partial charge in [-0.1, -0.05) is 28.1 Å². The highest BCUT2D eigenvalue weighted by Crippen LogP contribution is 2.27. The van der Waals surface area contributed by atoms with Crippen LogP contribution in [0.2, 0.25) is 0 Å². The number of anilines is 1. The zero-order valence-electron chi connectivity index (χ0n) is 11.3. The Hall–Kier alpha value is -0.940. The Balaban J connectivity index is 2.60. The highest BCUT2D eigenvalue weighted by Gasteiger charge is 2.12. The maximum atomic E-state index is 12.1. The fourth-order valence-electron chi connectivity index (χ4n) is 1.58. The van der Waals surface area contributed by atoms with Gasteiger partial charge in [0, 0.05) is 28.1 Å². The molecular formula is C14H19BrN2OS. The molecule has 2 N–H and O–H groups in total. The molecule has 1 rings (SSSR count). The predicted molar refractivity (Wildman–Crippen MR) is 86.3 cm³/mol. The molecule has 0 unspecified atom stereocenters. The third-order valence-electron chi connectivity index (χ3n) is 2.52. The number of hydrogen-bond acceptors (Lipinski definition) is 3. The molecule has 1 aromatic rings. The quantitative estimate of drug-likeness (QED) is 0.488. The average Bonchev–Trinajstić information content (AvgIpc) is 2.34. The number of hydrogen-bond donors (Lipinski definition) is 1. The van der Waals surface area contributed by atoms with Crippen molar-refractivity contribution in [1.29, 1.82) is 0 Å². The molecule has 0 fully saturated rings. The van der Waals surface area contributed by atoms with E-state index in [1.807, 2.05) is 32.0 Å². The second-order valence-corrected chi connectivity index (χ2v) is 6.27. The maximum Gasteiger partial charge on any atom is 0.233 e. The maximum absolute atomic E-state index is 12.1. The number of benzene rings is 1. The van der Waals surface area contributed by atoms with Crippen LogP contribution >= 0.6 is 27.7 Å². The van der Waals surface area contributed by atoms with Crippen LogP contribution in [0.25, 0.3) is 0 Å². The predicted octanol–water partition coefficient (Wildman–Crippen LogP) is 3.55. The van der Waals surface area contributed by atoms with E-state index in [-0.39, 0.29) is 5.91 Å². The standard InChI is InChI=1S/C14H19BrN2OS/c1-4-17(8-10(2)3)14(18)9-19-13-6-5-11(15)7-12(13)16/h5-7H,2,4,8-9,16H2,1,3H3. The number of nitrogen functional groups attached to an aromatic ring is 1. The molecule has 0 aliphatic rings. The Morgan fingerprint density at radius 1 is 1.53 bits per heavy atom. The first kappa shape index (κ1) is 16.1. The second kappa shape index (κ2) is 7.60. The smallest absolute Gasteiger partial charge is 0.233 e. The van der Waals surface area contributed by atoms with Gasteiger partial charge in [0.1, 0.15) is 0 Å². The molecule has 0 saturated carbocycles. The minimum absolute atomic E-state index is 0.109. The van der Waals surface area contributed by atoms with E-state index in [1.54, 1.807) is 4.90 Å². The largest absolute Gasteiger partial charge is 0.398 e. The lowest BCUT2D eigenvalue weighted by molar-refractivity contribution is -0.127. The van der Waals surface area contributed by atoms with Crippen molar-refractivity contribution in [3.05, 3.63) is 34.8 Å². The highest BCUT2D eigenvalue weighted by molar-refractivity contribution is 9.10. The summed E-state index contributed by atoms with van der Waals surface area (Å²) in [5, 5.41) is 0. The molecule has 0 aliphatic heterocycles. The van der Waals surface area contributed by atoms with Gasteiger partial charge in [-0.3, -0.25) is 4.79 Å². The first-order valence-corrected chi connectivity index (χ1v) is 7.82. The lowest BCUT2D eigenvalue weighted by Crippen LogP contribution is -2.33. The highest BCUT2D eigenvalue weighted by atomic mass is 79.9. The molecule has 104 valence electrons. The summed E-state index contributed by atoms with van der Waals surface area (Å²) in [6.07, 6.45) is 0. The summed E-state index contributed by atoms with van der Waals surface area (Å²) >= 11 is 4.83. The van der Waals surface area contributed by atoms with Gasteiger partial charge in [-0.2, -0.15) is 0 Å². The van der Waals surface area contributed by atoms with E-state index >= 15 is 0 Å². The first-order valence-electron chi connectivity index (χ1n) is 6.04. The van der Waals surface area contributed by atoms with Crippen LogP contribution in [0.5, 0.6) is 0 Å². The molecule has 0 saturated heterocycles. The van der Waals surface area contributed by atoms with Crippen LogP contribution in [-0.2, 0) is 4.79 Å². The Morgan fingerprint density at radius 2 is 2.21 bits per heavy atom. The van der Waals surface area contributed by atoms with E-state index in [9.17, 15) is 4.79 Å². The molecule has 3 nitrogen and oxygen atoms in total. The molecule has 0 atom stereocenters. The van der Waals surface area contributed by atoms with E-state index in [0.29, 0.717) is 24.5 Å². The minimum atomic E-state index is 0.109. The monoisotopic (exact) mass is 342 g/mol. The van der Waals surface area contributed by atoms with Gasteiger partial charge in [0.2, 0.25) is 5.91 Å². The van der Waals surface area contributed by atoms with Crippen LogP contribution < -0.4 is 5.73 Å². The minimum Gasteiger partial charge on any atom is -0.398 e. The number of rotatable bonds is 6. The van der Waals surface area contributed by atoms with Gasteiger partial charge in [-0.15, -0.1) is 11.8 Å². The molecular weight excluding hydrogens is 324 g/mol. The number of nitrogens with zero attached hydrogens (tertiary/aromatic N) is 1. The van der Waals surface area contributed by atoms with Crippen molar-refractivity contribution >= 4 is 39.3 Å². The molecule has 1 amide bonds. The van der Waals surface area contributed by atoms with Crippen LogP contribution in [0.1, 0.15) is 13.8 Å². The number of likely N-dealkylation sites (N-methyl/N-ethyl adjacent to an activating group) is 1. The lowest BCUT2D eigenvalue weighted by atomic mass is 10.3. The number of nitrogens with two attached hydrogens (primary N) is 1. The zero-order valence-corrected chi connectivity index (χ0v) is 13.7. The third kappa shape index (κ3) is 5.28. The van der Waals surface area contributed by atoms with E-state index in [4.69, 9.17) is 5.73 Å². The number of halogens is 1. The van der Waals surface area contributed by atoms with Gasteiger partial charge in [0.25, 0.3) is 0 Å². The first-order chi connectivity index (χ1) is 8.93. The van der Waals surface area contributed by atoms with E-state index < -0.39 is 0 Å². The molecule has 19 heavy (non-hydrogen) atoms. The normalized spacial score (nSPS) is 10.3. The van der Waals surface area contributed by atoms with Gasteiger partial charge in [-0.25, -0.2) is 0 Å². The second-order valence-electron chi connectivity index (χ2n) is 4.34. The lowest BCUT2D eigenvalue weighted by Gasteiger charge is -2.20. The summed E-state index contributed by atoms with van der Waals surface area (Å²) in [6.45, 7) is 9.05. The van der Waals surface area contributed by atoms with E-state index in [0.717, 1.165) is 14.9 Å². The number of amides is 1. The van der Waals surface area contributed by atoms with E-state index in [2.05, 4.69) is 22.5 Å². The zero-order chi connectivity index (χ0) is 14.4. The van der Waals surface area contributed by atoms with Crippen molar-refractivity contribution in [2.45, 2.75) is 18.7 Å². The van der Waals surface area contributed by atoms with Gasteiger partial charge in [0.05, 0.1) is 5.75 Å². The Bertz CT molecular complexity index is 477. The van der Waals surface area contributed by atoms with Gasteiger partial charge < -0.3 is 10.6 Å². The molecule has 0 heterocycles. The average molecular weight is 343 g/mol. The van der Waals surface area contributed by atoms with Crippen LogP contribution in [0, 0.1) is 0 Å². The van der Waals surface area contributed by atoms with Gasteiger partial charge >= 0.3 is 0 Å². The fourth-order valence-corrected chi connectivity index (χ4v) is 2.81. The summed E-state index contributed by atoms with van der Waals surface area (Å²) in [5.41, 5.74) is 7.59. The Morgan fingerprint density at radius 3 is 2.74 bits per heavy atom. The summed E-state index contributed by atoms with van der Waals surface area (Å²) in [7, 11) is 0. The Labute approximate surface area is 127 Å². The Kier molecular flexibility index (Phi) is 6.45. The molecule has 0 spiro atoms. The summed E-state index contributed by atoms with van der Waals surface area (Å²) in [6, 6.07) is 5.69. The van der Waals surface area contributed by atoms with Crippen LogP contribution in [-0.4, -0.2) is 29.6 Å². The molecule has 0 bridgehead atoms. The van der Waals surface area contributed by atoms with Gasteiger partial charge in [0.15, 0.2) is 0 Å². The van der Waals surface area contributed by atoms with Crippen LogP contribution in [0.3, 0.4) is 0 Å². The van der Waals surface area contributed by atoms with Crippen molar-refractivity contribution in [1.82, 2.24) is 4.90 Å². The molecule has 5 heteroatoms. The third-order valence-corrected chi connectivity index (χ3v) is 4.09. The van der Waals surface area contributed by atoms with Crippen LogP contribution in [0.4, 0.5) is 5.69 Å². The number of carbonyl (C=O) groups is 1. The van der Waals surface area contributed by atoms with Crippen molar-refractivity contribution < 1.29 is 4.79 Å². The SMILES string of the molecule is C=C(C)CN(CC)C(=O)CSc1ccc(Br)cc1N. The number of carbonyl (C=O) groups excluding carboxylic acids is 1. The molecule has 0 aromatic heterocycles. The molecule has 0 aliphatic carbocycles. The van der Waals surface area contributed by atoms with Crippen molar-refractivity contribution in [2.75, 3.05) is 24.6 Å². The molecule has 1 aromatic carbocycles. The van der Waals surface area contributed by atoms with Gasteiger partial charge in [-0.05, 0) is 32.0 Å². The van der Waals surface area contributed by atoms with Crippen molar-refractivity contribution in [2.24, 2.45) is 0 Å². The van der Waals surface area contributed by atoms with E-state index in [1.165, 1.54) is 11.8 Å². The molecule has 0 radical (unpaired) electrons. The fraction of sp³-hybridized carbons (Fsp3) is 0.357. The summed E-state index contributed by atoms with van der Waals surface area (Å²) in [5.74, 6) is 0.505. The summed E-state index contributed by atoms with van der Waals surface area (Å²) in [4.78, 5) is 14.8. The van der Waals surface area contributed by atoms with Crippen molar-refractivity contribution in [3.8, 4) is 0 Å².